The molecular weight excluding hydrogens is 330 g/mol. The van der Waals surface area contributed by atoms with Gasteiger partial charge in [-0.25, -0.2) is 15.0 Å². The highest BCUT2D eigenvalue weighted by Crippen LogP contribution is 2.18. The quantitative estimate of drug-likeness (QED) is 0.710. The van der Waals surface area contributed by atoms with E-state index >= 15 is 0 Å². The van der Waals surface area contributed by atoms with Crippen molar-refractivity contribution in [3.63, 3.8) is 0 Å². The third kappa shape index (κ3) is 3.26. The molecule has 1 fully saturated rings. The number of hydrogen-bond donors (Lipinski definition) is 0. The van der Waals surface area contributed by atoms with Gasteiger partial charge < -0.3 is 9.80 Å². The van der Waals surface area contributed by atoms with Crippen molar-refractivity contribution in [3.8, 4) is 5.82 Å². The summed E-state index contributed by atoms with van der Waals surface area (Å²) in [5.74, 6) is 2.34. The summed E-state index contributed by atoms with van der Waals surface area (Å²) in [5, 5.41) is 0. The molecular formula is C18H19N7O. The molecule has 0 unspecified atom stereocenters. The number of piperazine rings is 1. The Labute approximate surface area is 151 Å². The summed E-state index contributed by atoms with van der Waals surface area (Å²) in [6.07, 6.45) is 6.94. The van der Waals surface area contributed by atoms with Crippen LogP contribution in [-0.4, -0.2) is 61.5 Å². The smallest absolute Gasteiger partial charge is 0.272 e. The average molecular weight is 349 g/mol. The van der Waals surface area contributed by atoms with Gasteiger partial charge in [-0.3, -0.25) is 14.3 Å². The van der Waals surface area contributed by atoms with E-state index < -0.39 is 0 Å². The highest BCUT2D eigenvalue weighted by molar-refractivity contribution is 5.92. The number of pyridine rings is 1. The number of aryl methyl sites for hydroxylation is 1. The van der Waals surface area contributed by atoms with Crippen molar-refractivity contribution < 1.29 is 4.79 Å². The number of carbonyl (C=O) groups excluding carboxylic acids is 1. The Kier molecular flexibility index (Phi) is 4.30. The van der Waals surface area contributed by atoms with Gasteiger partial charge in [0.2, 0.25) is 0 Å². The Balaban J connectivity index is 1.47. The molecule has 0 atom stereocenters. The van der Waals surface area contributed by atoms with Crippen LogP contribution in [0.3, 0.4) is 0 Å². The molecule has 4 rings (SSSR count). The molecule has 0 radical (unpaired) electrons. The fraction of sp³-hybridized carbons (Fsp3) is 0.278. The lowest BCUT2D eigenvalue weighted by molar-refractivity contribution is 0.0740. The van der Waals surface area contributed by atoms with Crippen molar-refractivity contribution in [2.24, 2.45) is 0 Å². The maximum Gasteiger partial charge on any atom is 0.272 e. The highest BCUT2D eigenvalue weighted by atomic mass is 16.2. The Morgan fingerprint density at radius 2 is 1.85 bits per heavy atom. The lowest BCUT2D eigenvalue weighted by Gasteiger charge is -2.35. The van der Waals surface area contributed by atoms with Crippen LogP contribution >= 0.6 is 0 Å². The molecule has 1 saturated heterocycles. The molecule has 0 N–H and O–H groups in total. The van der Waals surface area contributed by atoms with Gasteiger partial charge in [0.25, 0.3) is 5.91 Å². The minimum Gasteiger partial charge on any atom is -0.353 e. The normalized spacial score (nSPS) is 14.5. The van der Waals surface area contributed by atoms with Crippen LogP contribution in [0.5, 0.6) is 0 Å². The van der Waals surface area contributed by atoms with Crippen molar-refractivity contribution in [2.75, 3.05) is 31.1 Å². The van der Waals surface area contributed by atoms with E-state index in [4.69, 9.17) is 0 Å². The molecule has 3 aromatic heterocycles. The molecule has 132 valence electrons. The molecule has 4 heterocycles. The maximum absolute atomic E-state index is 12.5. The first-order valence-corrected chi connectivity index (χ1v) is 8.50. The Morgan fingerprint density at radius 3 is 2.54 bits per heavy atom. The van der Waals surface area contributed by atoms with Crippen LogP contribution in [0.1, 0.15) is 16.3 Å². The lowest BCUT2D eigenvalue weighted by Crippen LogP contribution is -2.49. The topological polar surface area (TPSA) is 80.0 Å². The first kappa shape index (κ1) is 16.2. The zero-order valence-electron chi connectivity index (χ0n) is 14.5. The monoisotopic (exact) mass is 349 g/mol. The summed E-state index contributed by atoms with van der Waals surface area (Å²) >= 11 is 0. The second-order valence-corrected chi connectivity index (χ2v) is 6.10. The van der Waals surface area contributed by atoms with Crippen molar-refractivity contribution in [1.29, 1.82) is 0 Å². The fourth-order valence-corrected chi connectivity index (χ4v) is 3.02. The van der Waals surface area contributed by atoms with E-state index in [1.165, 1.54) is 0 Å². The van der Waals surface area contributed by atoms with Crippen LogP contribution in [0.15, 0.2) is 49.2 Å². The van der Waals surface area contributed by atoms with Crippen LogP contribution in [0.25, 0.3) is 5.82 Å². The number of hydrogen-bond acceptors (Lipinski definition) is 6. The molecule has 8 nitrogen and oxygen atoms in total. The number of aromatic nitrogens is 5. The second kappa shape index (κ2) is 6.91. The van der Waals surface area contributed by atoms with Gasteiger partial charge in [-0.1, -0.05) is 6.07 Å². The number of imidazole rings is 1. The van der Waals surface area contributed by atoms with E-state index in [0.29, 0.717) is 24.6 Å². The zero-order chi connectivity index (χ0) is 17.9. The molecule has 3 aromatic rings. The molecule has 0 aromatic carbocycles. The first-order valence-electron chi connectivity index (χ1n) is 8.50. The third-order valence-corrected chi connectivity index (χ3v) is 4.35. The molecule has 0 saturated carbocycles. The van der Waals surface area contributed by atoms with Gasteiger partial charge in [0.1, 0.15) is 29.5 Å². The van der Waals surface area contributed by atoms with Crippen molar-refractivity contribution in [1.82, 2.24) is 29.4 Å². The Morgan fingerprint density at radius 1 is 1.04 bits per heavy atom. The van der Waals surface area contributed by atoms with Crippen molar-refractivity contribution in [2.45, 2.75) is 6.92 Å². The molecule has 0 bridgehead atoms. The van der Waals surface area contributed by atoms with Gasteiger partial charge >= 0.3 is 0 Å². The van der Waals surface area contributed by atoms with E-state index in [2.05, 4.69) is 24.8 Å². The summed E-state index contributed by atoms with van der Waals surface area (Å²) < 4.78 is 1.86. The van der Waals surface area contributed by atoms with Gasteiger partial charge in [-0.15, -0.1) is 0 Å². The molecule has 8 heteroatoms. The van der Waals surface area contributed by atoms with Crippen LogP contribution in [-0.2, 0) is 0 Å². The molecule has 1 amide bonds. The van der Waals surface area contributed by atoms with E-state index in [1.54, 1.807) is 24.8 Å². The Bertz CT molecular complexity index is 887. The summed E-state index contributed by atoms with van der Waals surface area (Å²) in [6.45, 7) is 4.60. The van der Waals surface area contributed by atoms with Crippen molar-refractivity contribution in [3.05, 3.63) is 60.7 Å². The van der Waals surface area contributed by atoms with E-state index in [1.807, 2.05) is 40.8 Å². The predicted octanol–water partition coefficient (Wildman–Crippen LogP) is 1.33. The zero-order valence-corrected chi connectivity index (χ0v) is 14.5. The first-order chi connectivity index (χ1) is 12.7. The van der Waals surface area contributed by atoms with Crippen LogP contribution in [0, 0.1) is 6.92 Å². The fourth-order valence-electron chi connectivity index (χ4n) is 3.02. The minimum absolute atomic E-state index is 0.0248. The number of rotatable bonds is 3. The van der Waals surface area contributed by atoms with Gasteiger partial charge in [-0.05, 0) is 19.1 Å². The number of nitrogens with zero attached hydrogens (tertiary/aromatic N) is 7. The van der Waals surface area contributed by atoms with Crippen LogP contribution < -0.4 is 4.90 Å². The minimum atomic E-state index is -0.0248. The molecule has 0 spiro atoms. The molecule has 26 heavy (non-hydrogen) atoms. The van der Waals surface area contributed by atoms with Gasteiger partial charge in [-0.2, -0.15) is 0 Å². The highest BCUT2D eigenvalue weighted by Gasteiger charge is 2.24. The molecule has 1 aliphatic heterocycles. The predicted molar refractivity (Wildman–Crippen MR) is 96.2 cm³/mol. The lowest BCUT2D eigenvalue weighted by atomic mass is 10.2. The molecule has 1 aliphatic rings. The SMILES string of the molecule is Cc1nc(N2CCN(C(=O)c3ccccn3)CC2)cc(-n2ccnc2)n1. The van der Waals surface area contributed by atoms with E-state index in [9.17, 15) is 4.79 Å². The van der Waals surface area contributed by atoms with E-state index in [-0.39, 0.29) is 5.91 Å². The third-order valence-electron chi connectivity index (χ3n) is 4.35. The standard InChI is InChI=1S/C18H19N7O/c1-14-21-16(12-17(22-14)25-7-6-19-13-25)23-8-10-24(11-9-23)18(26)15-4-2-3-5-20-15/h2-7,12-13H,8-11H2,1H3. The summed E-state index contributed by atoms with van der Waals surface area (Å²) in [4.78, 5) is 33.8. The van der Waals surface area contributed by atoms with Gasteiger partial charge in [0.05, 0.1) is 0 Å². The average Bonchev–Trinajstić information content (AvgIpc) is 3.23. The summed E-state index contributed by atoms with van der Waals surface area (Å²) in [7, 11) is 0. The van der Waals surface area contributed by atoms with Crippen molar-refractivity contribution >= 4 is 11.7 Å². The van der Waals surface area contributed by atoms with Crippen LogP contribution in [0.2, 0.25) is 0 Å². The van der Waals surface area contributed by atoms with Gasteiger partial charge in [0.15, 0.2) is 0 Å². The largest absolute Gasteiger partial charge is 0.353 e. The summed E-state index contributed by atoms with van der Waals surface area (Å²) in [6, 6.07) is 7.34. The second-order valence-electron chi connectivity index (χ2n) is 6.10. The van der Waals surface area contributed by atoms with Crippen LogP contribution in [0.4, 0.5) is 5.82 Å². The number of carbonyl (C=O) groups is 1. The van der Waals surface area contributed by atoms with Gasteiger partial charge in [0, 0.05) is 50.8 Å². The summed E-state index contributed by atoms with van der Waals surface area (Å²) in [5.41, 5.74) is 0.487. The maximum atomic E-state index is 12.5. The van der Waals surface area contributed by atoms with E-state index in [0.717, 1.165) is 24.7 Å². The number of anilines is 1. The molecule has 0 aliphatic carbocycles. The number of amides is 1. The Hall–Kier alpha value is -3.29.